The number of fused-ring (bicyclic) bond motifs is 1. The summed E-state index contributed by atoms with van der Waals surface area (Å²) in [7, 11) is 0. The Labute approximate surface area is 96.9 Å². The lowest BCUT2D eigenvalue weighted by Gasteiger charge is -2.46. The predicted molar refractivity (Wildman–Crippen MR) is 61.8 cm³/mol. The Bertz CT molecular complexity index is 291. The molecule has 0 spiro atoms. The molecule has 1 aliphatic heterocycles. The van der Waals surface area contributed by atoms with Gasteiger partial charge in [0.05, 0.1) is 12.1 Å². The first kappa shape index (κ1) is 11.9. The van der Waals surface area contributed by atoms with Crippen LogP contribution in [0.2, 0.25) is 0 Å². The quantitative estimate of drug-likeness (QED) is 0.743. The van der Waals surface area contributed by atoms with Gasteiger partial charge in [0.25, 0.3) is 0 Å². The summed E-state index contributed by atoms with van der Waals surface area (Å²) in [5.41, 5.74) is 5.73. The van der Waals surface area contributed by atoms with Crippen LogP contribution in [-0.4, -0.2) is 30.7 Å². The largest absolute Gasteiger partial charge is 0.376 e. The van der Waals surface area contributed by atoms with Gasteiger partial charge in [-0.15, -0.1) is 0 Å². The highest BCUT2D eigenvalue weighted by Gasteiger charge is 2.53. The second-order valence-electron chi connectivity index (χ2n) is 5.60. The van der Waals surface area contributed by atoms with E-state index in [1.54, 1.807) is 0 Å². The SMILES string of the molecule is CCC(C)(C)C(=O)NC1C(N)C2CCOC21. The lowest BCUT2D eigenvalue weighted by Crippen LogP contribution is -2.69. The van der Waals surface area contributed by atoms with Gasteiger partial charge in [-0.1, -0.05) is 20.8 Å². The highest BCUT2D eigenvalue weighted by atomic mass is 16.5. The molecule has 1 amide bonds. The fourth-order valence-electron chi connectivity index (χ4n) is 2.44. The number of amides is 1. The van der Waals surface area contributed by atoms with E-state index in [0.29, 0.717) is 5.92 Å². The molecule has 3 N–H and O–H groups in total. The molecule has 4 unspecified atom stereocenters. The number of hydrogen-bond donors (Lipinski definition) is 2. The van der Waals surface area contributed by atoms with Gasteiger partial charge < -0.3 is 15.8 Å². The summed E-state index contributed by atoms with van der Waals surface area (Å²) in [4.78, 5) is 12.0. The summed E-state index contributed by atoms with van der Waals surface area (Å²) in [6.07, 6.45) is 2.03. The van der Waals surface area contributed by atoms with Crippen molar-refractivity contribution < 1.29 is 9.53 Å². The van der Waals surface area contributed by atoms with Crippen molar-refractivity contribution in [3.63, 3.8) is 0 Å². The van der Waals surface area contributed by atoms with Crippen molar-refractivity contribution in [2.75, 3.05) is 6.61 Å². The lowest BCUT2D eigenvalue weighted by molar-refractivity contribution is -0.134. The molecule has 1 aliphatic carbocycles. The summed E-state index contributed by atoms with van der Waals surface area (Å²) in [5, 5.41) is 3.04. The molecule has 0 radical (unpaired) electrons. The van der Waals surface area contributed by atoms with E-state index in [9.17, 15) is 4.79 Å². The van der Waals surface area contributed by atoms with E-state index in [1.807, 2.05) is 20.8 Å². The molecule has 1 heterocycles. The first-order valence-corrected chi connectivity index (χ1v) is 6.15. The summed E-state index contributed by atoms with van der Waals surface area (Å²) >= 11 is 0. The van der Waals surface area contributed by atoms with Crippen LogP contribution in [0.25, 0.3) is 0 Å². The molecule has 92 valence electrons. The zero-order valence-corrected chi connectivity index (χ0v) is 10.3. The van der Waals surface area contributed by atoms with Gasteiger partial charge in [-0.2, -0.15) is 0 Å². The predicted octanol–water partition coefficient (Wildman–Crippen LogP) is 0.653. The Hall–Kier alpha value is -0.610. The molecular formula is C12H22N2O2. The maximum absolute atomic E-state index is 12.0. The van der Waals surface area contributed by atoms with E-state index in [1.165, 1.54) is 0 Å². The van der Waals surface area contributed by atoms with Crippen LogP contribution in [0.1, 0.15) is 33.6 Å². The molecule has 1 saturated carbocycles. The third-order valence-corrected chi connectivity index (χ3v) is 4.24. The van der Waals surface area contributed by atoms with Crippen molar-refractivity contribution in [1.29, 1.82) is 0 Å². The zero-order valence-electron chi connectivity index (χ0n) is 10.3. The van der Waals surface area contributed by atoms with Crippen LogP contribution in [0.5, 0.6) is 0 Å². The minimum Gasteiger partial charge on any atom is -0.376 e. The molecule has 0 aromatic rings. The van der Waals surface area contributed by atoms with Gasteiger partial charge in [-0.25, -0.2) is 0 Å². The smallest absolute Gasteiger partial charge is 0.226 e. The van der Waals surface area contributed by atoms with Crippen LogP contribution in [0.15, 0.2) is 0 Å². The average Bonchev–Trinajstić information content (AvgIpc) is 2.69. The third kappa shape index (κ3) is 1.74. The van der Waals surface area contributed by atoms with E-state index in [4.69, 9.17) is 10.5 Å². The Balaban J connectivity index is 1.93. The maximum atomic E-state index is 12.0. The van der Waals surface area contributed by atoms with Crippen molar-refractivity contribution in [3.8, 4) is 0 Å². The molecule has 0 aromatic heterocycles. The second-order valence-corrected chi connectivity index (χ2v) is 5.60. The van der Waals surface area contributed by atoms with Crippen molar-refractivity contribution in [2.45, 2.75) is 51.8 Å². The summed E-state index contributed by atoms with van der Waals surface area (Å²) in [6, 6.07) is 0.0925. The molecule has 0 bridgehead atoms. The highest BCUT2D eigenvalue weighted by Crippen LogP contribution is 2.38. The van der Waals surface area contributed by atoms with Crippen LogP contribution in [0.4, 0.5) is 0 Å². The van der Waals surface area contributed by atoms with Crippen molar-refractivity contribution in [2.24, 2.45) is 17.1 Å². The molecule has 4 nitrogen and oxygen atoms in total. The third-order valence-electron chi connectivity index (χ3n) is 4.24. The number of nitrogens with two attached hydrogens (primary N) is 1. The molecule has 4 atom stereocenters. The summed E-state index contributed by atoms with van der Waals surface area (Å²) in [6.45, 7) is 6.72. The lowest BCUT2D eigenvalue weighted by atomic mass is 9.71. The van der Waals surface area contributed by atoms with Crippen molar-refractivity contribution in [3.05, 3.63) is 0 Å². The number of ether oxygens (including phenoxy) is 1. The topological polar surface area (TPSA) is 64.4 Å². The summed E-state index contributed by atoms with van der Waals surface area (Å²) in [5.74, 6) is 0.541. The first-order chi connectivity index (χ1) is 7.47. The van der Waals surface area contributed by atoms with Gasteiger partial charge >= 0.3 is 0 Å². The fraction of sp³-hybridized carbons (Fsp3) is 0.917. The Morgan fingerprint density at radius 1 is 1.56 bits per heavy atom. The van der Waals surface area contributed by atoms with Crippen LogP contribution < -0.4 is 11.1 Å². The van der Waals surface area contributed by atoms with Gasteiger partial charge in [-0.05, 0) is 12.8 Å². The molecule has 2 rings (SSSR count). The van der Waals surface area contributed by atoms with Crippen LogP contribution >= 0.6 is 0 Å². The van der Waals surface area contributed by atoms with Crippen LogP contribution in [0.3, 0.4) is 0 Å². The standard InChI is InChI=1S/C12H22N2O2/c1-4-12(2,3)11(15)14-9-8(13)7-5-6-16-10(7)9/h7-10H,4-6,13H2,1-3H3,(H,14,15). The van der Waals surface area contributed by atoms with Crippen LogP contribution in [-0.2, 0) is 9.53 Å². The van der Waals surface area contributed by atoms with Crippen molar-refractivity contribution >= 4 is 5.91 Å². The number of carbonyl (C=O) groups is 1. The average molecular weight is 226 g/mol. The molecular weight excluding hydrogens is 204 g/mol. The molecule has 0 aromatic carbocycles. The van der Waals surface area contributed by atoms with Gasteiger partial charge in [-0.3, -0.25) is 4.79 Å². The highest BCUT2D eigenvalue weighted by molar-refractivity contribution is 5.82. The monoisotopic (exact) mass is 226 g/mol. The number of nitrogens with one attached hydrogen (secondary N) is 1. The molecule has 2 fully saturated rings. The van der Waals surface area contributed by atoms with E-state index in [-0.39, 0.29) is 29.5 Å². The minimum atomic E-state index is -0.316. The van der Waals surface area contributed by atoms with E-state index in [2.05, 4.69) is 5.32 Å². The normalized spacial score (nSPS) is 37.8. The Morgan fingerprint density at radius 3 is 2.88 bits per heavy atom. The molecule has 2 aliphatic rings. The Kier molecular flexibility index (Phi) is 2.97. The first-order valence-electron chi connectivity index (χ1n) is 6.15. The second kappa shape index (κ2) is 4.00. The van der Waals surface area contributed by atoms with Crippen LogP contribution in [0, 0.1) is 11.3 Å². The molecule has 16 heavy (non-hydrogen) atoms. The van der Waals surface area contributed by atoms with Gasteiger partial charge in [0.1, 0.15) is 0 Å². The van der Waals surface area contributed by atoms with E-state index < -0.39 is 0 Å². The zero-order chi connectivity index (χ0) is 11.9. The minimum absolute atomic E-state index is 0.0193. The van der Waals surface area contributed by atoms with Gasteiger partial charge in [0, 0.05) is 24.0 Å². The van der Waals surface area contributed by atoms with Gasteiger partial charge in [0.15, 0.2) is 0 Å². The number of rotatable bonds is 3. The number of hydrogen-bond acceptors (Lipinski definition) is 3. The molecule has 1 saturated heterocycles. The maximum Gasteiger partial charge on any atom is 0.226 e. The summed E-state index contributed by atoms with van der Waals surface area (Å²) < 4.78 is 5.59. The van der Waals surface area contributed by atoms with Gasteiger partial charge in [0.2, 0.25) is 5.91 Å². The number of carbonyl (C=O) groups excluding carboxylic acids is 1. The Morgan fingerprint density at radius 2 is 2.25 bits per heavy atom. The van der Waals surface area contributed by atoms with Crippen molar-refractivity contribution in [1.82, 2.24) is 5.32 Å². The van der Waals surface area contributed by atoms with E-state index >= 15 is 0 Å². The molecule has 4 heteroatoms. The van der Waals surface area contributed by atoms with E-state index in [0.717, 1.165) is 19.4 Å². The fourth-order valence-corrected chi connectivity index (χ4v) is 2.44.